The van der Waals surface area contributed by atoms with Crippen molar-refractivity contribution >= 4 is 17.3 Å². The molecule has 0 radical (unpaired) electrons. The topological polar surface area (TPSA) is 61.8 Å². The number of carbonyl (C=O) groups excluding carboxylic acids is 1. The zero-order valence-corrected chi connectivity index (χ0v) is 10.8. The van der Waals surface area contributed by atoms with Gasteiger partial charge in [0.15, 0.2) is 0 Å². The summed E-state index contributed by atoms with van der Waals surface area (Å²) in [4.78, 5) is 13.1. The molecule has 0 amide bonds. The van der Waals surface area contributed by atoms with Crippen molar-refractivity contribution in [3.8, 4) is 0 Å². The van der Waals surface area contributed by atoms with Crippen molar-refractivity contribution in [2.24, 2.45) is 0 Å². The fraction of sp³-hybridized carbons (Fsp3) is 0.133. The Morgan fingerprint density at radius 3 is 2.70 bits per heavy atom. The molecule has 0 aliphatic carbocycles. The number of benzene rings is 2. The Morgan fingerprint density at radius 1 is 1.15 bits per heavy atom. The van der Waals surface area contributed by atoms with Crippen LogP contribution in [-0.2, 0) is 13.0 Å². The summed E-state index contributed by atoms with van der Waals surface area (Å²) in [6.45, 7) is 0.434. The van der Waals surface area contributed by atoms with Crippen LogP contribution in [0.1, 0.15) is 15.9 Å². The fourth-order valence-corrected chi connectivity index (χ4v) is 2.24. The SMILES string of the molecule is O=Cc1ccccc1CCn1nc2ccccc2[n+]1[O-]. The lowest BCUT2D eigenvalue weighted by Crippen LogP contribution is -2.38. The Labute approximate surface area is 115 Å². The highest BCUT2D eigenvalue weighted by Crippen LogP contribution is 2.09. The average molecular weight is 267 g/mol. The monoisotopic (exact) mass is 267 g/mol. The van der Waals surface area contributed by atoms with Gasteiger partial charge in [-0.15, -0.1) is 0 Å². The maximum Gasteiger partial charge on any atom is 0.249 e. The Hall–Kier alpha value is -2.69. The second-order valence-electron chi connectivity index (χ2n) is 4.52. The average Bonchev–Trinajstić information content (AvgIpc) is 2.82. The molecule has 0 aliphatic heterocycles. The molecular weight excluding hydrogens is 254 g/mol. The maximum atomic E-state index is 12.1. The van der Waals surface area contributed by atoms with E-state index in [1.54, 1.807) is 18.2 Å². The summed E-state index contributed by atoms with van der Waals surface area (Å²) in [5.41, 5.74) is 2.80. The molecule has 5 heteroatoms. The van der Waals surface area contributed by atoms with Crippen molar-refractivity contribution < 1.29 is 9.64 Å². The van der Waals surface area contributed by atoms with Gasteiger partial charge in [-0.3, -0.25) is 4.79 Å². The lowest BCUT2D eigenvalue weighted by molar-refractivity contribution is -0.676. The summed E-state index contributed by atoms with van der Waals surface area (Å²) in [5, 5.41) is 16.3. The molecule has 0 aliphatic rings. The van der Waals surface area contributed by atoms with Crippen LogP contribution in [0.25, 0.3) is 11.0 Å². The van der Waals surface area contributed by atoms with Crippen LogP contribution >= 0.6 is 0 Å². The Kier molecular flexibility index (Phi) is 3.16. The summed E-state index contributed by atoms with van der Waals surface area (Å²) in [7, 11) is 0. The number of aromatic nitrogens is 3. The first kappa shape index (κ1) is 12.3. The third-order valence-electron chi connectivity index (χ3n) is 3.28. The van der Waals surface area contributed by atoms with Gasteiger partial charge in [-0.05, 0) is 28.9 Å². The van der Waals surface area contributed by atoms with Crippen molar-refractivity contribution in [2.75, 3.05) is 0 Å². The molecule has 100 valence electrons. The van der Waals surface area contributed by atoms with Gasteiger partial charge in [0.25, 0.3) is 0 Å². The molecule has 0 saturated carbocycles. The molecule has 0 fully saturated rings. The molecule has 2 aromatic carbocycles. The van der Waals surface area contributed by atoms with E-state index in [2.05, 4.69) is 5.10 Å². The second kappa shape index (κ2) is 5.13. The zero-order valence-electron chi connectivity index (χ0n) is 10.8. The van der Waals surface area contributed by atoms with E-state index in [1.165, 1.54) is 4.80 Å². The highest BCUT2D eigenvalue weighted by Gasteiger charge is 2.13. The van der Waals surface area contributed by atoms with Gasteiger partial charge in [0.2, 0.25) is 11.0 Å². The molecule has 3 aromatic rings. The molecule has 20 heavy (non-hydrogen) atoms. The summed E-state index contributed by atoms with van der Waals surface area (Å²) < 4.78 is 0. The van der Waals surface area contributed by atoms with Gasteiger partial charge in [0.05, 0.1) is 0 Å². The lowest BCUT2D eigenvalue weighted by atomic mass is 10.1. The Bertz CT molecular complexity index is 765. The van der Waals surface area contributed by atoms with E-state index < -0.39 is 0 Å². The standard InChI is InChI=1S/C15H13N3O2/c19-11-13-6-2-1-5-12(13)9-10-17-16-14-7-3-4-8-15(14)18(17)20/h1-8,11H,9-10H2. The predicted molar refractivity (Wildman–Crippen MR) is 74.2 cm³/mol. The second-order valence-corrected chi connectivity index (χ2v) is 4.52. The van der Waals surface area contributed by atoms with Gasteiger partial charge in [-0.2, -0.15) is 4.85 Å². The normalized spacial score (nSPS) is 10.8. The van der Waals surface area contributed by atoms with Crippen LogP contribution in [0.2, 0.25) is 0 Å². The molecular formula is C15H13N3O2. The van der Waals surface area contributed by atoms with Gasteiger partial charge >= 0.3 is 0 Å². The number of para-hydroxylation sites is 1. The van der Waals surface area contributed by atoms with Crippen molar-refractivity contribution in [3.05, 3.63) is 64.9 Å². The number of nitrogens with zero attached hydrogens (tertiary/aromatic N) is 3. The van der Waals surface area contributed by atoms with Crippen LogP contribution < -0.4 is 4.85 Å². The minimum absolute atomic E-state index is 0.434. The number of rotatable bonds is 4. The molecule has 1 heterocycles. The van der Waals surface area contributed by atoms with Crippen LogP contribution in [-0.4, -0.2) is 16.2 Å². The minimum atomic E-state index is 0.434. The van der Waals surface area contributed by atoms with E-state index in [9.17, 15) is 10.0 Å². The number of fused-ring (bicyclic) bond motifs is 1. The molecule has 0 saturated heterocycles. The van der Waals surface area contributed by atoms with Crippen LogP contribution in [0.15, 0.2) is 48.5 Å². The molecule has 0 N–H and O–H groups in total. The third kappa shape index (κ3) is 2.14. The highest BCUT2D eigenvalue weighted by atomic mass is 16.5. The van der Waals surface area contributed by atoms with Crippen molar-refractivity contribution in [1.29, 1.82) is 0 Å². The first-order valence-electron chi connectivity index (χ1n) is 6.38. The number of hydrogen-bond acceptors (Lipinski definition) is 3. The van der Waals surface area contributed by atoms with Gasteiger partial charge < -0.3 is 5.21 Å². The number of aldehydes is 1. The van der Waals surface area contributed by atoms with Gasteiger partial charge in [-0.25, -0.2) is 0 Å². The molecule has 0 unspecified atom stereocenters. The zero-order chi connectivity index (χ0) is 13.9. The van der Waals surface area contributed by atoms with Gasteiger partial charge in [-0.1, -0.05) is 36.4 Å². The lowest BCUT2D eigenvalue weighted by Gasteiger charge is -2.05. The fourth-order valence-electron chi connectivity index (χ4n) is 2.24. The van der Waals surface area contributed by atoms with E-state index >= 15 is 0 Å². The smallest absolute Gasteiger partial charge is 0.249 e. The van der Waals surface area contributed by atoms with E-state index in [0.29, 0.717) is 29.6 Å². The third-order valence-corrected chi connectivity index (χ3v) is 3.28. The highest BCUT2D eigenvalue weighted by molar-refractivity contribution is 5.77. The van der Waals surface area contributed by atoms with Crippen LogP contribution in [0.5, 0.6) is 0 Å². The molecule has 0 atom stereocenters. The minimum Gasteiger partial charge on any atom is -0.692 e. The first-order valence-corrected chi connectivity index (χ1v) is 6.38. The van der Waals surface area contributed by atoms with Gasteiger partial charge in [0.1, 0.15) is 12.8 Å². The summed E-state index contributed by atoms with van der Waals surface area (Å²) in [5.74, 6) is 0. The number of aryl methyl sites for hydroxylation is 2. The Balaban J connectivity index is 1.87. The maximum absolute atomic E-state index is 12.1. The predicted octanol–water partition coefficient (Wildman–Crippen LogP) is 1.72. The molecule has 1 aromatic heterocycles. The Morgan fingerprint density at radius 2 is 1.90 bits per heavy atom. The van der Waals surface area contributed by atoms with Gasteiger partial charge in [0, 0.05) is 10.7 Å². The van der Waals surface area contributed by atoms with E-state index in [1.807, 2.05) is 30.3 Å². The van der Waals surface area contributed by atoms with E-state index in [0.717, 1.165) is 16.7 Å². The van der Waals surface area contributed by atoms with E-state index in [4.69, 9.17) is 0 Å². The summed E-state index contributed by atoms with van der Waals surface area (Å²) in [6.07, 6.45) is 1.42. The van der Waals surface area contributed by atoms with Crippen molar-refractivity contribution in [3.63, 3.8) is 0 Å². The molecule has 5 nitrogen and oxygen atoms in total. The van der Waals surface area contributed by atoms with Crippen LogP contribution in [0.3, 0.4) is 0 Å². The number of carbonyl (C=O) groups is 1. The van der Waals surface area contributed by atoms with Crippen molar-refractivity contribution in [1.82, 2.24) is 9.90 Å². The molecule has 3 rings (SSSR count). The number of hydrogen-bond donors (Lipinski definition) is 0. The quantitative estimate of drug-likeness (QED) is 0.411. The first-order chi connectivity index (χ1) is 9.79. The molecule has 0 bridgehead atoms. The summed E-state index contributed by atoms with van der Waals surface area (Å²) in [6, 6.07) is 14.6. The molecule has 0 spiro atoms. The largest absolute Gasteiger partial charge is 0.692 e. The summed E-state index contributed by atoms with van der Waals surface area (Å²) >= 11 is 0. The van der Waals surface area contributed by atoms with Crippen molar-refractivity contribution in [2.45, 2.75) is 13.0 Å². The van der Waals surface area contributed by atoms with Crippen LogP contribution in [0, 0.1) is 5.21 Å². The van der Waals surface area contributed by atoms with E-state index in [-0.39, 0.29) is 0 Å². The van der Waals surface area contributed by atoms with Crippen LogP contribution in [0.4, 0.5) is 0 Å².